The summed E-state index contributed by atoms with van der Waals surface area (Å²) in [4.78, 5) is 0. The van der Waals surface area contributed by atoms with Gasteiger partial charge in [-0.15, -0.1) is 11.8 Å². The zero-order chi connectivity index (χ0) is 17.0. The van der Waals surface area contributed by atoms with Crippen molar-refractivity contribution >= 4 is 11.8 Å². The quantitative estimate of drug-likeness (QED) is 0.261. The number of thioether (sulfide) groups is 1. The molecule has 0 heterocycles. The highest BCUT2D eigenvalue weighted by Gasteiger charge is 2.09. The SMILES string of the molecule is CCCCC/C=C/SCC(COCCCCC)OCCCCC. The number of rotatable bonds is 18. The van der Waals surface area contributed by atoms with Gasteiger partial charge in [0, 0.05) is 19.0 Å². The zero-order valence-corrected chi connectivity index (χ0v) is 16.7. The van der Waals surface area contributed by atoms with Crippen LogP contribution in [0.3, 0.4) is 0 Å². The van der Waals surface area contributed by atoms with E-state index in [1.807, 2.05) is 11.8 Å². The molecule has 0 aromatic carbocycles. The van der Waals surface area contributed by atoms with Crippen molar-refractivity contribution in [3.05, 3.63) is 11.5 Å². The molecule has 1 atom stereocenters. The summed E-state index contributed by atoms with van der Waals surface area (Å²) in [5.74, 6) is 1.00. The Morgan fingerprint density at radius 3 is 2.17 bits per heavy atom. The molecule has 0 bridgehead atoms. The van der Waals surface area contributed by atoms with Gasteiger partial charge in [-0.05, 0) is 31.1 Å². The Morgan fingerprint density at radius 2 is 1.48 bits per heavy atom. The lowest BCUT2D eigenvalue weighted by Gasteiger charge is -2.17. The Bertz CT molecular complexity index is 244. The lowest BCUT2D eigenvalue weighted by molar-refractivity contribution is -0.00600. The largest absolute Gasteiger partial charge is 0.379 e. The average Bonchev–Trinajstić information content (AvgIpc) is 2.57. The van der Waals surface area contributed by atoms with Crippen molar-refractivity contribution in [2.75, 3.05) is 25.6 Å². The van der Waals surface area contributed by atoms with E-state index in [2.05, 4.69) is 32.3 Å². The minimum Gasteiger partial charge on any atom is -0.379 e. The molecule has 0 amide bonds. The summed E-state index contributed by atoms with van der Waals surface area (Å²) in [5.41, 5.74) is 0. The van der Waals surface area contributed by atoms with Gasteiger partial charge in [-0.25, -0.2) is 0 Å². The summed E-state index contributed by atoms with van der Waals surface area (Å²) >= 11 is 1.87. The molecule has 23 heavy (non-hydrogen) atoms. The first kappa shape index (κ1) is 23.0. The van der Waals surface area contributed by atoms with Crippen LogP contribution in [-0.2, 0) is 9.47 Å². The van der Waals surface area contributed by atoms with Crippen LogP contribution < -0.4 is 0 Å². The van der Waals surface area contributed by atoms with E-state index in [9.17, 15) is 0 Å². The third-order valence-electron chi connectivity index (χ3n) is 3.75. The van der Waals surface area contributed by atoms with Gasteiger partial charge >= 0.3 is 0 Å². The Hall–Kier alpha value is 0.01000. The molecule has 0 aliphatic heterocycles. The first-order chi connectivity index (χ1) is 11.3. The summed E-state index contributed by atoms with van der Waals surface area (Å²) < 4.78 is 11.8. The standard InChI is InChI=1S/C20H40O2S/c1-4-7-10-11-14-17-23-19-20(22-16-13-9-6-3)18-21-15-12-8-5-2/h14,17,20H,4-13,15-16,18-19H2,1-3H3/b17-14+. The minimum absolute atomic E-state index is 0.235. The van der Waals surface area contributed by atoms with E-state index in [0.29, 0.717) is 0 Å². The van der Waals surface area contributed by atoms with Crippen LogP contribution in [0.2, 0.25) is 0 Å². The maximum absolute atomic E-state index is 6.02. The van der Waals surface area contributed by atoms with Crippen molar-refractivity contribution in [1.82, 2.24) is 0 Å². The fourth-order valence-corrected chi connectivity index (χ4v) is 3.02. The Morgan fingerprint density at radius 1 is 0.826 bits per heavy atom. The highest BCUT2D eigenvalue weighted by Crippen LogP contribution is 2.11. The van der Waals surface area contributed by atoms with Gasteiger partial charge in [0.15, 0.2) is 0 Å². The highest BCUT2D eigenvalue weighted by atomic mass is 32.2. The van der Waals surface area contributed by atoms with Gasteiger partial charge in [-0.1, -0.05) is 65.4 Å². The first-order valence-corrected chi connectivity index (χ1v) is 10.9. The zero-order valence-electron chi connectivity index (χ0n) is 15.9. The number of unbranched alkanes of at least 4 members (excludes halogenated alkanes) is 7. The summed E-state index contributed by atoms with van der Waals surface area (Å²) in [6.07, 6.45) is 15.0. The van der Waals surface area contributed by atoms with Crippen LogP contribution in [0, 0.1) is 0 Å². The van der Waals surface area contributed by atoms with E-state index in [4.69, 9.17) is 9.47 Å². The minimum atomic E-state index is 0.235. The van der Waals surface area contributed by atoms with Crippen LogP contribution in [-0.4, -0.2) is 31.7 Å². The molecule has 0 aromatic heterocycles. The van der Waals surface area contributed by atoms with Gasteiger partial charge < -0.3 is 9.47 Å². The predicted octanol–water partition coefficient (Wildman–Crippen LogP) is 6.60. The van der Waals surface area contributed by atoms with E-state index >= 15 is 0 Å². The van der Waals surface area contributed by atoms with E-state index in [1.54, 1.807) is 0 Å². The molecule has 3 heteroatoms. The van der Waals surface area contributed by atoms with E-state index in [0.717, 1.165) is 25.6 Å². The molecule has 0 radical (unpaired) electrons. The van der Waals surface area contributed by atoms with Crippen molar-refractivity contribution in [3.63, 3.8) is 0 Å². The molecule has 2 nitrogen and oxygen atoms in total. The smallest absolute Gasteiger partial charge is 0.0901 e. The van der Waals surface area contributed by atoms with Crippen LogP contribution in [0.4, 0.5) is 0 Å². The number of hydrogen-bond donors (Lipinski definition) is 0. The summed E-state index contributed by atoms with van der Waals surface area (Å²) in [6.45, 7) is 9.19. The molecule has 138 valence electrons. The molecule has 0 aliphatic carbocycles. The van der Waals surface area contributed by atoms with Crippen LogP contribution in [0.5, 0.6) is 0 Å². The third-order valence-corrected chi connectivity index (χ3v) is 4.70. The predicted molar refractivity (Wildman–Crippen MR) is 105 cm³/mol. The maximum Gasteiger partial charge on any atom is 0.0901 e. The molecule has 0 aromatic rings. The van der Waals surface area contributed by atoms with Crippen LogP contribution in [0.25, 0.3) is 0 Å². The van der Waals surface area contributed by atoms with Gasteiger partial charge in [0.1, 0.15) is 0 Å². The van der Waals surface area contributed by atoms with E-state index < -0.39 is 0 Å². The van der Waals surface area contributed by atoms with Crippen molar-refractivity contribution in [3.8, 4) is 0 Å². The Labute approximate surface area is 149 Å². The molecule has 0 saturated carbocycles. The first-order valence-electron chi connectivity index (χ1n) is 9.81. The van der Waals surface area contributed by atoms with Crippen molar-refractivity contribution in [2.24, 2.45) is 0 Å². The number of ether oxygens (including phenoxy) is 2. The van der Waals surface area contributed by atoms with Crippen LogP contribution in [0.15, 0.2) is 11.5 Å². The Kier molecular flexibility index (Phi) is 20.1. The molecular formula is C20H40O2S. The fraction of sp³-hybridized carbons (Fsp3) is 0.900. The molecule has 0 spiro atoms. The monoisotopic (exact) mass is 344 g/mol. The third kappa shape index (κ3) is 18.2. The topological polar surface area (TPSA) is 18.5 Å². The lowest BCUT2D eigenvalue weighted by atomic mass is 10.2. The molecule has 1 unspecified atom stereocenters. The van der Waals surface area contributed by atoms with Gasteiger partial charge in [0.2, 0.25) is 0 Å². The fourth-order valence-electron chi connectivity index (χ4n) is 2.23. The molecule has 0 saturated heterocycles. The normalized spacial score (nSPS) is 13.0. The summed E-state index contributed by atoms with van der Waals surface area (Å²) in [7, 11) is 0. The highest BCUT2D eigenvalue weighted by molar-refractivity contribution is 8.02. The molecule has 0 rings (SSSR count). The van der Waals surface area contributed by atoms with Crippen LogP contribution in [0.1, 0.15) is 85.0 Å². The van der Waals surface area contributed by atoms with E-state index in [1.165, 1.54) is 64.2 Å². The van der Waals surface area contributed by atoms with Crippen molar-refractivity contribution in [2.45, 2.75) is 91.1 Å². The molecular weight excluding hydrogens is 304 g/mol. The van der Waals surface area contributed by atoms with Gasteiger partial charge in [0.05, 0.1) is 12.7 Å². The van der Waals surface area contributed by atoms with E-state index in [-0.39, 0.29) is 6.10 Å². The molecule has 0 aliphatic rings. The number of hydrogen-bond acceptors (Lipinski definition) is 3. The van der Waals surface area contributed by atoms with Crippen molar-refractivity contribution < 1.29 is 9.47 Å². The molecule has 0 fully saturated rings. The van der Waals surface area contributed by atoms with Gasteiger partial charge in [-0.3, -0.25) is 0 Å². The van der Waals surface area contributed by atoms with Gasteiger partial charge in [-0.2, -0.15) is 0 Å². The summed E-state index contributed by atoms with van der Waals surface area (Å²) in [6, 6.07) is 0. The second kappa shape index (κ2) is 20.1. The number of allylic oxidation sites excluding steroid dienone is 1. The Balaban J connectivity index is 3.81. The summed E-state index contributed by atoms with van der Waals surface area (Å²) in [5, 5.41) is 2.25. The van der Waals surface area contributed by atoms with Crippen molar-refractivity contribution in [1.29, 1.82) is 0 Å². The molecule has 0 N–H and O–H groups in total. The second-order valence-corrected chi connectivity index (χ2v) is 7.12. The lowest BCUT2D eigenvalue weighted by Crippen LogP contribution is -2.23. The maximum atomic E-state index is 6.02. The average molecular weight is 345 g/mol. The van der Waals surface area contributed by atoms with Crippen LogP contribution >= 0.6 is 11.8 Å². The second-order valence-electron chi connectivity index (χ2n) is 6.18. The van der Waals surface area contributed by atoms with Gasteiger partial charge in [0.25, 0.3) is 0 Å².